The highest BCUT2D eigenvalue weighted by Crippen LogP contribution is 2.31. The van der Waals surface area contributed by atoms with E-state index in [9.17, 15) is 23.1 Å². The van der Waals surface area contributed by atoms with Crippen LogP contribution in [0.25, 0.3) is 17.1 Å². The molecule has 2 heterocycles. The number of amides is 1. The van der Waals surface area contributed by atoms with Crippen molar-refractivity contribution in [2.45, 2.75) is 52.2 Å². The lowest BCUT2D eigenvalue weighted by atomic mass is 10.0. The number of aryl methyl sites for hydroxylation is 3. The average molecular weight is 639 g/mol. The van der Waals surface area contributed by atoms with Crippen LogP contribution in [0.3, 0.4) is 0 Å². The molecule has 236 valence electrons. The van der Waals surface area contributed by atoms with E-state index in [0.717, 1.165) is 53.6 Å². The zero-order valence-corrected chi connectivity index (χ0v) is 25.6. The van der Waals surface area contributed by atoms with E-state index in [4.69, 9.17) is 0 Å². The van der Waals surface area contributed by atoms with E-state index in [1.54, 1.807) is 4.90 Å². The molecule has 0 aliphatic carbocycles. The van der Waals surface area contributed by atoms with Gasteiger partial charge in [0, 0.05) is 5.56 Å². The monoisotopic (exact) mass is 638 g/mol. The van der Waals surface area contributed by atoms with Crippen molar-refractivity contribution in [1.29, 1.82) is 0 Å². The topological polar surface area (TPSA) is 105 Å². The first-order valence-corrected chi connectivity index (χ1v) is 15.5. The van der Waals surface area contributed by atoms with Crippen LogP contribution in [0, 0.1) is 6.92 Å². The van der Waals surface area contributed by atoms with Crippen LogP contribution in [-0.2, 0) is 17.6 Å². The van der Waals surface area contributed by atoms with Crippen molar-refractivity contribution in [2.24, 2.45) is 4.99 Å². The molecule has 0 bridgehead atoms. The van der Waals surface area contributed by atoms with Crippen LogP contribution in [-0.4, -0.2) is 56.0 Å². The summed E-state index contributed by atoms with van der Waals surface area (Å²) < 4.78 is 42.6. The van der Waals surface area contributed by atoms with Crippen molar-refractivity contribution in [3.63, 3.8) is 0 Å². The Labute approximate surface area is 263 Å². The molecule has 13 heteroatoms. The van der Waals surface area contributed by atoms with E-state index in [-0.39, 0.29) is 17.4 Å². The molecule has 1 aromatic heterocycles. The van der Waals surface area contributed by atoms with Gasteiger partial charge in [-0.1, -0.05) is 61.5 Å². The molecule has 0 saturated carbocycles. The zero-order valence-electron chi connectivity index (χ0n) is 24.8. The first kappa shape index (κ1) is 32.2. The fourth-order valence-electron chi connectivity index (χ4n) is 4.87. The van der Waals surface area contributed by atoms with Gasteiger partial charge in [-0.2, -0.15) is 0 Å². The van der Waals surface area contributed by atoms with Crippen molar-refractivity contribution in [1.82, 2.24) is 20.1 Å². The Balaban J connectivity index is 1.12. The van der Waals surface area contributed by atoms with Crippen LogP contribution in [0.4, 0.5) is 18.9 Å². The zero-order chi connectivity index (χ0) is 32.0. The molecule has 1 unspecified atom stereocenters. The molecule has 3 aromatic carbocycles. The molecule has 1 aliphatic rings. The number of thioether (sulfide) groups is 1. The molecule has 2 N–H and O–H groups in total. The number of ether oxygens (including phenoxy) is 1. The molecule has 1 atom stereocenters. The third-order valence-electron chi connectivity index (χ3n) is 7.01. The second-order valence-corrected chi connectivity index (χ2v) is 11.4. The number of nitrogens with zero attached hydrogens (tertiary/aromatic N) is 5. The number of aromatic nitrogens is 3. The number of halogens is 3. The minimum atomic E-state index is -4.75. The summed E-state index contributed by atoms with van der Waals surface area (Å²) in [6.45, 7) is 4.61. The Hall–Kier alpha value is -4.20. The van der Waals surface area contributed by atoms with Gasteiger partial charge >= 0.3 is 6.36 Å². The normalized spacial score (nSPS) is 15.2. The summed E-state index contributed by atoms with van der Waals surface area (Å²) >= 11 is 1.32. The van der Waals surface area contributed by atoms with Gasteiger partial charge < -0.3 is 9.84 Å². The third-order valence-corrected chi connectivity index (χ3v) is 7.94. The van der Waals surface area contributed by atoms with Gasteiger partial charge in [0.25, 0.3) is 0 Å². The first-order chi connectivity index (χ1) is 21.6. The Morgan fingerprint density at radius 2 is 1.84 bits per heavy atom. The number of amidine groups is 1. The lowest BCUT2D eigenvalue weighted by molar-refractivity contribution is -0.274. The standard InChI is InChI=1S/C32H33F3N6O3S/c1-3-5-23-10-7-21(2)18-27(23)41-28(42)19-45-31(41)38-30(43)36-17-4-6-22-8-11-24(12-9-22)29-37-20-40(39-29)25-13-15-26(16-14-25)44-32(33,34)35/h7-16,18,20,30,36,43H,3-6,17,19H2,1-2H3/b38-31-. The number of carbonyl (C=O) groups is 1. The highest BCUT2D eigenvalue weighted by molar-refractivity contribution is 8.15. The number of aliphatic imine (C=N–C) groups is 1. The van der Waals surface area contributed by atoms with E-state index < -0.39 is 12.7 Å². The number of carbonyl (C=O) groups excluding carboxylic acids is 1. The average Bonchev–Trinajstić information content (AvgIpc) is 3.63. The van der Waals surface area contributed by atoms with Crippen LogP contribution in [0.5, 0.6) is 5.75 Å². The second-order valence-electron chi connectivity index (χ2n) is 10.5. The summed E-state index contributed by atoms with van der Waals surface area (Å²) in [6.07, 6.45) is -1.09. The summed E-state index contributed by atoms with van der Waals surface area (Å²) in [5.74, 6) is 0.402. The van der Waals surface area contributed by atoms with Crippen molar-refractivity contribution < 1.29 is 27.8 Å². The lowest BCUT2D eigenvalue weighted by Gasteiger charge is -2.21. The molecule has 1 saturated heterocycles. The quantitative estimate of drug-likeness (QED) is 0.144. The molecule has 1 aliphatic heterocycles. The van der Waals surface area contributed by atoms with Gasteiger partial charge in [-0.15, -0.1) is 18.3 Å². The van der Waals surface area contributed by atoms with Crippen LogP contribution in [0.2, 0.25) is 0 Å². The molecule has 0 spiro atoms. The molecule has 45 heavy (non-hydrogen) atoms. The van der Waals surface area contributed by atoms with Gasteiger partial charge in [0.05, 0.1) is 17.1 Å². The van der Waals surface area contributed by atoms with Crippen molar-refractivity contribution in [3.05, 3.63) is 89.7 Å². The Kier molecular flexibility index (Phi) is 10.2. The number of hydrogen-bond acceptors (Lipinski definition) is 8. The van der Waals surface area contributed by atoms with Gasteiger partial charge in [0.2, 0.25) is 12.3 Å². The summed E-state index contributed by atoms with van der Waals surface area (Å²) in [4.78, 5) is 23.1. The van der Waals surface area contributed by atoms with E-state index in [1.165, 1.54) is 47.0 Å². The summed E-state index contributed by atoms with van der Waals surface area (Å²) in [7, 11) is 0. The minimum Gasteiger partial charge on any atom is -0.406 e. The van der Waals surface area contributed by atoms with Crippen LogP contribution >= 0.6 is 11.8 Å². The van der Waals surface area contributed by atoms with Crippen molar-refractivity contribution >= 4 is 28.5 Å². The van der Waals surface area contributed by atoms with Gasteiger partial charge in [0.1, 0.15) is 12.1 Å². The lowest BCUT2D eigenvalue weighted by Crippen LogP contribution is -2.34. The first-order valence-electron chi connectivity index (χ1n) is 14.5. The summed E-state index contributed by atoms with van der Waals surface area (Å²) in [5, 5.41) is 18.5. The van der Waals surface area contributed by atoms with E-state index >= 15 is 0 Å². The number of rotatable bonds is 12. The Bertz CT molecular complexity index is 1640. The largest absolute Gasteiger partial charge is 0.573 e. The summed E-state index contributed by atoms with van der Waals surface area (Å²) in [5.41, 5.74) is 5.39. The van der Waals surface area contributed by atoms with Gasteiger partial charge in [-0.05, 0) is 79.8 Å². The fourth-order valence-corrected chi connectivity index (χ4v) is 5.76. The number of aliphatic hydroxyl groups is 1. The van der Waals surface area contributed by atoms with Gasteiger partial charge in [-0.3, -0.25) is 15.0 Å². The smallest absolute Gasteiger partial charge is 0.406 e. The molecular formula is C32H33F3N6O3S. The Morgan fingerprint density at radius 1 is 1.09 bits per heavy atom. The highest BCUT2D eigenvalue weighted by Gasteiger charge is 2.32. The molecular weight excluding hydrogens is 605 g/mol. The molecule has 5 rings (SSSR count). The maximum absolute atomic E-state index is 12.8. The number of alkyl halides is 3. The number of aliphatic hydroxyl groups excluding tert-OH is 1. The molecule has 4 aromatic rings. The van der Waals surface area contributed by atoms with Crippen LogP contribution in [0.1, 0.15) is 36.5 Å². The van der Waals surface area contributed by atoms with E-state index in [2.05, 4.69) is 38.1 Å². The highest BCUT2D eigenvalue weighted by atomic mass is 32.2. The number of hydrogen-bond donors (Lipinski definition) is 2. The van der Waals surface area contributed by atoms with E-state index in [0.29, 0.717) is 23.2 Å². The Morgan fingerprint density at radius 3 is 2.56 bits per heavy atom. The number of nitrogens with one attached hydrogen (secondary N) is 1. The minimum absolute atomic E-state index is 0.0482. The molecule has 9 nitrogen and oxygen atoms in total. The fraction of sp³-hybridized carbons (Fsp3) is 0.312. The third kappa shape index (κ3) is 8.50. The molecule has 1 fully saturated rings. The van der Waals surface area contributed by atoms with Gasteiger partial charge in [0.15, 0.2) is 11.0 Å². The van der Waals surface area contributed by atoms with Crippen molar-refractivity contribution in [3.8, 4) is 22.8 Å². The van der Waals surface area contributed by atoms with Crippen LogP contribution in [0.15, 0.2) is 78.0 Å². The SMILES string of the molecule is CCCc1ccc(C)cc1N1C(=O)CS/C1=N\C(O)NCCCc1ccc(-c2ncn(-c3ccc(OC(F)(F)F)cc3)n2)cc1. The maximum Gasteiger partial charge on any atom is 0.573 e. The predicted molar refractivity (Wildman–Crippen MR) is 168 cm³/mol. The summed E-state index contributed by atoms with van der Waals surface area (Å²) in [6, 6.07) is 19.2. The van der Waals surface area contributed by atoms with Crippen molar-refractivity contribution in [2.75, 3.05) is 17.2 Å². The molecule has 0 radical (unpaired) electrons. The second kappa shape index (κ2) is 14.3. The predicted octanol–water partition coefficient (Wildman–Crippen LogP) is 6.03. The maximum atomic E-state index is 12.8. The van der Waals surface area contributed by atoms with E-state index in [1.807, 2.05) is 43.3 Å². The number of anilines is 1. The molecule has 1 amide bonds. The van der Waals surface area contributed by atoms with Gasteiger partial charge in [-0.25, -0.2) is 14.7 Å². The number of benzene rings is 3. The van der Waals surface area contributed by atoms with Crippen LogP contribution < -0.4 is 15.0 Å².